The zero-order valence-electron chi connectivity index (χ0n) is 12.2. The van der Waals surface area contributed by atoms with E-state index in [0.29, 0.717) is 0 Å². The van der Waals surface area contributed by atoms with Gasteiger partial charge in [-0.05, 0) is 38.9 Å². The Morgan fingerprint density at radius 2 is 1.58 bits per heavy atom. The van der Waals surface area contributed by atoms with Crippen molar-refractivity contribution in [2.45, 2.75) is 26.8 Å². The van der Waals surface area contributed by atoms with Crippen LogP contribution in [-0.4, -0.2) is 47.9 Å². The molecule has 106 valence electrons. The molecule has 0 aromatic heterocycles. The molecule has 1 aliphatic rings. The molecule has 0 saturated carbocycles. The zero-order valence-corrected chi connectivity index (χ0v) is 13.7. The molecule has 0 spiro atoms. The van der Waals surface area contributed by atoms with E-state index in [1.165, 1.54) is 55.8 Å². The minimum atomic E-state index is 1.09. The first kappa shape index (κ1) is 15.0. The highest BCUT2D eigenvalue weighted by Gasteiger charge is 2.14. The molecule has 0 aliphatic carbocycles. The molecular formula is C16H25BrN2. The van der Waals surface area contributed by atoms with Crippen molar-refractivity contribution in [3.05, 3.63) is 34.9 Å². The first-order chi connectivity index (χ1) is 9.17. The van der Waals surface area contributed by atoms with Crippen molar-refractivity contribution in [2.75, 3.05) is 38.1 Å². The second kappa shape index (κ2) is 7.41. The number of aryl methyl sites for hydroxylation is 2. The van der Waals surface area contributed by atoms with Crippen LogP contribution in [0.1, 0.15) is 23.1 Å². The van der Waals surface area contributed by atoms with Gasteiger partial charge in [0.1, 0.15) is 0 Å². The van der Waals surface area contributed by atoms with E-state index in [-0.39, 0.29) is 0 Å². The molecule has 1 aromatic rings. The molecule has 1 saturated heterocycles. The topological polar surface area (TPSA) is 6.48 Å². The molecule has 2 nitrogen and oxygen atoms in total. The standard InChI is InChI=1S/C16H25BrN2/c1-14-10-15(2)12-16(11-14)13-19-6-3-5-18(7-4-17)8-9-19/h10-12H,3-9,13H2,1-2H3. The molecule has 0 unspecified atom stereocenters. The van der Waals surface area contributed by atoms with Crippen LogP contribution in [0, 0.1) is 13.8 Å². The lowest BCUT2D eigenvalue weighted by atomic mass is 10.1. The summed E-state index contributed by atoms with van der Waals surface area (Å²) in [5.74, 6) is 0. The van der Waals surface area contributed by atoms with Gasteiger partial charge in [-0.25, -0.2) is 0 Å². The minimum absolute atomic E-state index is 1.09. The summed E-state index contributed by atoms with van der Waals surface area (Å²) in [4.78, 5) is 5.17. The monoisotopic (exact) mass is 324 g/mol. The van der Waals surface area contributed by atoms with Crippen molar-refractivity contribution in [3.8, 4) is 0 Å². The Labute approximate surface area is 125 Å². The van der Waals surface area contributed by atoms with Crippen LogP contribution in [0.3, 0.4) is 0 Å². The molecule has 0 radical (unpaired) electrons. The van der Waals surface area contributed by atoms with Crippen molar-refractivity contribution < 1.29 is 0 Å². The molecule has 1 aromatic carbocycles. The van der Waals surface area contributed by atoms with Gasteiger partial charge >= 0.3 is 0 Å². The molecule has 1 heterocycles. The van der Waals surface area contributed by atoms with E-state index in [2.05, 4.69) is 57.8 Å². The maximum Gasteiger partial charge on any atom is 0.0234 e. The van der Waals surface area contributed by atoms with Gasteiger partial charge in [0, 0.05) is 31.5 Å². The van der Waals surface area contributed by atoms with Gasteiger partial charge in [0.2, 0.25) is 0 Å². The van der Waals surface area contributed by atoms with E-state index < -0.39 is 0 Å². The summed E-state index contributed by atoms with van der Waals surface area (Å²) in [6.07, 6.45) is 1.29. The molecule has 2 rings (SSSR count). The van der Waals surface area contributed by atoms with Crippen LogP contribution in [0.25, 0.3) is 0 Å². The van der Waals surface area contributed by atoms with E-state index in [1.807, 2.05) is 0 Å². The summed E-state index contributed by atoms with van der Waals surface area (Å²) in [7, 11) is 0. The highest BCUT2D eigenvalue weighted by atomic mass is 79.9. The molecule has 0 amide bonds. The number of benzene rings is 1. The lowest BCUT2D eigenvalue weighted by Crippen LogP contribution is -2.31. The van der Waals surface area contributed by atoms with Gasteiger partial charge in [0.05, 0.1) is 0 Å². The Kier molecular flexibility index (Phi) is 5.86. The van der Waals surface area contributed by atoms with Gasteiger partial charge in [-0.2, -0.15) is 0 Å². The van der Waals surface area contributed by atoms with Crippen LogP contribution in [-0.2, 0) is 6.54 Å². The Morgan fingerprint density at radius 1 is 0.947 bits per heavy atom. The molecule has 0 atom stereocenters. The van der Waals surface area contributed by atoms with Gasteiger partial charge in [0.15, 0.2) is 0 Å². The van der Waals surface area contributed by atoms with Crippen LogP contribution in [0.5, 0.6) is 0 Å². The Balaban J connectivity index is 1.92. The molecule has 1 aliphatic heterocycles. The van der Waals surface area contributed by atoms with E-state index in [1.54, 1.807) is 0 Å². The second-order valence-electron chi connectivity index (χ2n) is 5.66. The number of hydrogen-bond acceptors (Lipinski definition) is 2. The Bertz CT molecular complexity index is 385. The molecule has 1 fully saturated rings. The molecular weight excluding hydrogens is 300 g/mol. The lowest BCUT2D eigenvalue weighted by molar-refractivity contribution is 0.258. The van der Waals surface area contributed by atoms with Crippen LogP contribution in [0.4, 0.5) is 0 Å². The number of halogens is 1. The van der Waals surface area contributed by atoms with Crippen molar-refractivity contribution in [1.82, 2.24) is 9.80 Å². The fourth-order valence-corrected chi connectivity index (χ4v) is 3.45. The van der Waals surface area contributed by atoms with Crippen molar-refractivity contribution in [2.24, 2.45) is 0 Å². The Hall–Kier alpha value is -0.380. The highest BCUT2D eigenvalue weighted by molar-refractivity contribution is 9.09. The van der Waals surface area contributed by atoms with Gasteiger partial charge in [-0.3, -0.25) is 4.90 Å². The number of hydrogen-bond donors (Lipinski definition) is 0. The zero-order chi connectivity index (χ0) is 13.7. The fraction of sp³-hybridized carbons (Fsp3) is 0.625. The van der Waals surface area contributed by atoms with Crippen LogP contribution in [0.2, 0.25) is 0 Å². The van der Waals surface area contributed by atoms with Crippen molar-refractivity contribution >= 4 is 15.9 Å². The highest BCUT2D eigenvalue weighted by Crippen LogP contribution is 2.13. The minimum Gasteiger partial charge on any atom is -0.301 e. The third-order valence-corrected chi connectivity index (χ3v) is 4.12. The van der Waals surface area contributed by atoms with E-state index >= 15 is 0 Å². The smallest absolute Gasteiger partial charge is 0.0234 e. The number of alkyl halides is 1. The van der Waals surface area contributed by atoms with Crippen molar-refractivity contribution in [3.63, 3.8) is 0 Å². The van der Waals surface area contributed by atoms with Crippen LogP contribution < -0.4 is 0 Å². The maximum absolute atomic E-state index is 3.54. The average molecular weight is 325 g/mol. The summed E-state index contributed by atoms with van der Waals surface area (Å²) >= 11 is 3.54. The summed E-state index contributed by atoms with van der Waals surface area (Å²) in [5, 5.41) is 1.09. The van der Waals surface area contributed by atoms with E-state index in [4.69, 9.17) is 0 Å². The van der Waals surface area contributed by atoms with Gasteiger partial charge < -0.3 is 4.90 Å². The summed E-state index contributed by atoms with van der Waals surface area (Å²) < 4.78 is 0. The van der Waals surface area contributed by atoms with Gasteiger partial charge in [0.25, 0.3) is 0 Å². The largest absolute Gasteiger partial charge is 0.301 e. The first-order valence-electron chi connectivity index (χ1n) is 7.25. The molecule has 3 heteroatoms. The maximum atomic E-state index is 3.54. The fourth-order valence-electron chi connectivity index (χ4n) is 2.94. The first-order valence-corrected chi connectivity index (χ1v) is 8.37. The molecule has 0 N–H and O–H groups in total. The summed E-state index contributed by atoms with van der Waals surface area (Å²) in [6, 6.07) is 6.91. The van der Waals surface area contributed by atoms with Crippen molar-refractivity contribution in [1.29, 1.82) is 0 Å². The quantitative estimate of drug-likeness (QED) is 0.785. The predicted molar refractivity (Wildman–Crippen MR) is 86.0 cm³/mol. The van der Waals surface area contributed by atoms with E-state index in [0.717, 1.165) is 11.9 Å². The Morgan fingerprint density at radius 3 is 2.26 bits per heavy atom. The van der Waals surface area contributed by atoms with Gasteiger partial charge in [-0.15, -0.1) is 0 Å². The molecule has 0 bridgehead atoms. The third-order valence-electron chi connectivity index (χ3n) is 3.77. The van der Waals surface area contributed by atoms with Crippen LogP contribution in [0.15, 0.2) is 18.2 Å². The number of nitrogens with zero attached hydrogens (tertiary/aromatic N) is 2. The normalized spacial score (nSPS) is 18.5. The molecule has 19 heavy (non-hydrogen) atoms. The SMILES string of the molecule is Cc1cc(C)cc(CN2CCCN(CCBr)CC2)c1. The average Bonchev–Trinajstić information content (AvgIpc) is 2.54. The second-order valence-corrected chi connectivity index (χ2v) is 6.45. The third kappa shape index (κ3) is 4.90. The van der Waals surface area contributed by atoms with Crippen LogP contribution >= 0.6 is 15.9 Å². The van der Waals surface area contributed by atoms with Gasteiger partial charge in [-0.1, -0.05) is 45.3 Å². The number of rotatable bonds is 4. The summed E-state index contributed by atoms with van der Waals surface area (Å²) in [6.45, 7) is 11.5. The summed E-state index contributed by atoms with van der Waals surface area (Å²) in [5.41, 5.74) is 4.22. The predicted octanol–water partition coefficient (Wildman–Crippen LogP) is 3.21. The lowest BCUT2D eigenvalue weighted by Gasteiger charge is -2.21. The van der Waals surface area contributed by atoms with E-state index in [9.17, 15) is 0 Å².